The molecular weight excluding hydrogens is 414 g/mol. The number of aryl methyl sites for hydroxylation is 2. The maximum absolute atomic E-state index is 9.27. The number of benzene rings is 2. The van der Waals surface area contributed by atoms with Gasteiger partial charge in [0.05, 0.1) is 18.3 Å². The molecule has 0 unspecified atom stereocenters. The Balaban J connectivity index is 1.39. The summed E-state index contributed by atoms with van der Waals surface area (Å²) in [6, 6.07) is 19.5. The van der Waals surface area contributed by atoms with Gasteiger partial charge in [-0.05, 0) is 66.9 Å². The zero-order valence-electron chi connectivity index (χ0n) is 18.3. The van der Waals surface area contributed by atoms with Crippen LogP contribution in [0.1, 0.15) is 16.8 Å². The molecule has 2 aromatic carbocycles. The van der Waals surface area contributed by atoms with Crippen LogP contribution >= 0.6 is 0 Å². The van der Waals surface area contributed by atoms with Crippen molar-refractivity contribution >= 4 is 22.5 Å². The molecule has 5 aromatic rings. The first-order valence-corrected chi connectivity index (χ1v) is 10.6. The Morgan fingerprint density at radius 1 is 0.939 bits per heavy atom. The molecule has 0 saturated heterocycles. The third-order valence-corrected chi connectivity index (χ3v) is 5.41. The number of nitrogens with zero attached hydrogens (tertiary/aromatic N) is 3. The van der Waals surface area contributed by atoms with E-state index < -0.39 is 0 Å². The summed E-state index contributed by atoms with van der Waals surface area (Å²) >= 11 is 0. The van der Waals surface area contributed by atoms with Crippen molar-refractivity contribution < 1.29 is 9.84 Å². The quantitative estimate of drug-likeness (QED) is 0.317. The molecule has 7 heteroatoms. The number of aromatic amines is 1. The molecule has 3 aromatic heterocycles. The molecule has 3 N–H and O–H groups in total. The molecule has 0 radical (unpaired) electrons. The van der Waals surface area contributed by atoms with Crippen LogP contribution in [0.15, 0.2) is 73.2 Å². The molecule has 3 heterocycles. The van der Waals surface area contributed by atoms with Crippen molar-refractivity contribution in [3.63, 3.8) is 0 Å². The van der Waals surface area contributed by atoms with Crippen molar-refractivity contribution in [2.24, 2.45) is 0 Å². The fourth-order valence-corrected chi connectivity index (χ4v) is 3.60. The highest BCUT2D eigenvalue weighted by molar-refractivity contribution is 5.91. The average molecular weight is 438 g/mol. The van der Waals surface area contributed by atoms with Crippen molar-refractivity contribution in [3.05, 3.63) is 90.0 Å². The van der Waals surface area contributed by atoms with Crippen molar-refractivity contribution in [2.75, 3.05) is 5.32 Å². The Kier molecular flexibility index (Phi) is 5.46. The fourth-order valence-electron chi connectivity index (χ4n) is 3.60. The Morgan fingerprint density at radius 3 is 2.52 bits per heavy atom. The van der Waals surface area contributed by atoms with Crippen LogP contribution in [0.25, 0.3) is 22.3 Å². The van der Waals surface area contributed by atoms with Gasteiger partial charge < -0.3 is 20.1 Å². The summed E-state index contributed by atoms with van der Waals surface area (Å²) in [6.45, 7) is 3.97. The first-order chi connectivity index (χ1) is 16.1. The van der Waals surface area contributed by atoms with Crippen LogP contribution in [-0.4, -0.2) is 25.0 Å². The third-order valence-electron chi connectivity index (χ3n) is 5.41. The summed E-state index contributed by atoms with van der Waals surface area (Å²) in [5.41, 5.74) is 7.29. The van der Waals surface area contributed by atoms with E-state index in [-0.39, 0.29) is 6.61 Å². The number of nitrogens with one attached hydrogen (secondary N) is 2. The second kappa shape index (κ2) is 8.72. The van der Waals surface area contributed by atoms with Gasteiger partial charge in [0.2, 0.25) is 0 Å². The van der Waals surface area contributed by atoms with Crippen LogP contribution in [0, 0.1) is 13.8 Å². The van der Waals surface area contributed by atoms with Crippen LogP contribution in [-0.2, 0) is 6.61 Å². The maximum atomic E-state index is 9.27. The van der Waals surface area contributed by atoms with Crippen molar-refractivity contribution in [3.8, 4) is 22.8 Å². The molecule has 0 amide bonds. The number of aliphatic hydroxyl groups excluding tert-OH is 1. The summed E-state index contributed by atoms with van der Waals surface area (Å²) in [7, 11) is 0. The zero-order valence-corrected chi connectivity index (χ0v) is 18.3. The van der Waals surface area contributed by atoms with E-state index >= 15 is 0 Å². The van der Waals surface area contributed by atoms with Gasteiger partial charge in [0.15, 0.2) is 5.82 Å². The van der Waals surface area contributed by atoms with Crippen LogP contribution < -0.4 is 10.1 Å². The molecule has 0 fully saturated rings. The van der Waals surface area contributed by atoms with E-state index in [1.807, 2.05) is 74.5 Å². The average Bonchev–Trinajstić information content (AvgIpc) is 3.28. The van der Waals surface area contributed by atoms with E-state index in [0.717, 1.165) is 50.5 Å². The highest BCUT2D eigenvalue weighted by atomic mass is 16.5. The zero-order chi connectivity index (χ0) is 22.8. The van der Waals surface area contributed by atoms with Gasteiger partial charge in [-0.2, -0.15) is 0 Å². The predicted molar refractivity (Wildman–Crippen MR) is 129 cm³/mol. The lowest BCUT2D eigenvalue weighted by atomic mass is 10.1. The van der Waals surface area contributed by atoms with Crippen molar-refractivity contribution in [1.82, 2.24) is 19.9 Å². The number of fused-ring (bicyclic) bond motifs is 1. The number of rotatable bonds is 6. The summed E-state index contributed by atoms with van der Waals surface area (Å²) in [5, 5.41) is 12.7. The minimum atomic E-state index is 0.0255. The maximum Gasteiger partial charge on any atom is 0.158 e. The molecule has 0 atom stereocenters. The Morgan fingerprint density at radius 2 is 1.79 bits per heavy atom. The van der Waals surface area contributed by atoms with Gasteiger partial charge in [0, 0.05) is 17.1 Å². The highest BCUT2D eigenvalue weighted by Crippen LogP contribution is 2.31. The molecule has 33 heavy (non-hydrogen) atoms. The summed E-state index contributed by atoms with van der Waals surface area (Å²) in [4.78, 5) is 16.5. The number of aliphatic hydroxyl groups is 1. The minimum absolute atomic E-state index is 0.0255. The van der Waals surface area contributed by atoms with Crippen LogP contribution in [0.5, 0.6) is 11.5 Å². The number of aromatic nitrogens is 4. The second-order valence-electron chi connectivity index (χ2n) is 7.86. The minimum Gasteiger partial charge on any atom is -0.455 e. The van der Waals surface area contributed by atoms with Crippen LogP contribution in [0.4, 0.5) is 11.5 Å². The first-order valence-electron chi connectivity index (χ1n) is 10.6. The number of ether oxygens (including phenoxy) is 1. The Labute approximate surface area is 191 Å². The first kappa shape index (κ1) is 20.7. The van der Waals surface area contributed by atoms with E-state index in [4.69, 9.17) is 4.74 Å². The van der Waals surface area contributed by atoms with E-state index in [1.165, 1.54) is 0 Å². The number of anilines is 2. The van der Waals surface area contributed by atoms with E-state index in [1.54, 1.807) is 12.5 Å². The summed E-state index contributed by atoms with van der Waals surface area (Å²) in [5.74, 6) is 2.16. The number of hydrogen-bond donors (Lipinski definition) is 3. The SMILES string of the molecule is Cc1ccc(Oc2ccc(Nc3ncnc4cc(-c5ccc(CO)cc5)[nH]c34)cc2C)cn1. The van der Waals surface area contributed by atoms with Crippen molar-refractivity contribution in [1.29, 1.82) is 0 Å². The lowest BCUT2D eigenvalue weighted by molar-refractivity contribution is 0.282. The Hall–Kier alpha value is -4.23. The van der Waals surface area contributed by atoms with Gasteiger partial charge in [-0.3, -0.25) is 4.98 Å². The summed E-state index contributed by atoms with van der Waals surface area (Å²) in [6.07, 6.45) is 3.27. The molecule has 7 nitrogen and oxygen atoms in total. The molecule has 0 aliphatic carbocycles. The van der Waals surface area contributed by atoms with Gasteiger partial charge in [0.25, 0.3) is 0 Å². The topological polar surface area (TPSA) is 96.0 Å². The van der Waals surface area contributed by atoms with E-state index in [0.29, 0.717) is 11.6 Å². The number of pyridine rings is 1. The van der Waals surface area contributed by atoms with E-state index in [9.17, 15) is 5.11 Å². The molecule has 5 rings (SSSR count). The molecule has 164 valence electrons. The normalized spacial score (nSPS) is 11.0. The molecule has 0 saturated carbocycles. The standard InChI is InChI=1S/C26H23N5O2/c1-16-11-20(8-10-24(16)33-21-9-3-17(2)27-13-21)30-26-25-23(28-15-29-26)12-22(31-25)19-6-4-18(14-32)5-7-19/h3-13,15,31-32H,14H2,1-2H3,(H,28,29,30). The number of H-pyrrole nitrogens is 1. The van der Waals surface area contributed by atoms with Gasteiger partial charge in [0.1, 0.15) is 23.3 Å². The van der Waals surface area contributed by atoms with Crippen LogP contribution in [0.2, 0.25) is 0 Å². The molecular formula is C26H23N5O2. The molecule has 0 spiro atoms. The smallest absolute Gasteiger partial charge is 0.158 e. The predicted octanol–water partition coefficient (Wildman–Crippen LogP) is 5.66. The lowest BCUT2D eigenvalue weighted by Gasteiger charge is -2.12. The third kappa shape index (κ3) is 4.40. The monoisotopic (exact) mass is 437 g/mol. The highest BCUT2D eigenvalue weighted by Gasteiger charge is 2.11. The number of hydrogen-bond acceptors (Lipinski definition) is 6. The molecule has 0 aliphatic heterocycles. The Bertz CT molecular complexity index is 1410. The van der Waals surface area contributed by atoms with E-state index in [2.05, 4.69) is 25.3 Å². The van der Waals surface area contributed by atoms with Gasteiger partial charge in [-0.1, -0.05) is 24.3 Å². The molecule has 0 bridgehead atoms. The second-order valence-corrected chi connectivity index (χ2v) is 7.86. The van der Waals surface area contributed by atoms with Crippen molar-refractivity contribution in [2.45, 2.75) is 20.5 Å². The lowest BCUT2D eigenvalue weighted by Crippen LogP contribution is -1.97. The van der Waals surface area contributed by atoms with Crippen LogP contribution in [0.3, 0.4) is 0 Å². The fraction of sp³-hybridized carbons (Fsp3) is 0.115. The van der Waals surface area contributed by atoms with Gasteiger partial charge in [-0.15, -0.1) is 0 Å². The van der Waals surface area contributed by atoms with Gasteiger partial charge >= 0.3 is 0 Å². The molecule has 0 aliphatic rings. The van der Waals surface area contributed by atoms with Gasteiger partial charge in [-0.25, -0.2) is 9.97 Å². The largest absolute Gasteiger partial charge is 0.455 e. The summed E-state index contributed by atoms with van der Waals surface area (Å²) < 4.78 is 5.97.